The molecule has 18 heavy (non-hydrogen) atoms. The fourth-order valence-corrected chi connectivity index (χ4v) is 2.07. The fraction of sp³-hybridized carbons (Fsp3) is 0.357. The molecule has 3 nitrogen and oxygen atoms in total. The van der Waals surface area contributed by atoms with Crippen LogP contribution in [0, 0.1) is 12.7 Å². The molecule has 0 radical (unpaired) electrons. The average molecular weight is 247 g/mol. The zero-order chi connectivity index (χ0) is 13.1. The van der Waals surface area contributed by atoms with Crippen molar-refractivity contribution < 1.29 is 4.39 Å². The van der Waals surface area contributed by atoms with Gasteiger partial charge in [-0.2, -0.15) is 0 Å². The molecule has 0 amide bonds. The molecule has 0 bridgehead atoms. The Labute approximate surface area is 107 Å². The molecule has 4 heteroatoms. The number of nitrogens with one attached hydrogen (secondary N) is 1. The normalized spacial score (nSPS) is 12.7. The predicted octanol–water partition coefficient (Wildman–Crippen LogP) is 2.57. The standard InChI is InChI=1S/C14H18FN3/c1-4-16-13(14-17-7-8-18(14)3)11-5-6-12(15)10(2)9-11/h5-9,13,16H,4H2,1-3H3. The number of aromatic nitrogens is 2. The van der Waals surface area contributed by atoms with E-state index in [1.165, 1.54) is 6.07 Å². The highest BCUT2D eigenvalue weighted by Gasteiger charge is 2.17. The summed E-state index contributed by atoms with van der Waals surface area (Å²) in [7, 11) is 1.96. The first-order valence-corrected chi connectivity index (χ1v) is 6.10. The van der Waals surface area contributed by atoms with Crippen molar-refractivity contribution in [3.8, 4) is 0 Å². The second-order valence-corrected chi connectivity index (χ2v) is 4.40. The van der Waals surface area contributed by atoms with Gasteiger partial charge in [-0.25, -0.2) is 9.37 Å². The van der Waals surface area contributed by atoms with Crippen LogP contribution in [0.15, 0.2) is 30.6 Å². The van der Waals surface area contributed by atoms with E-state index in [4.69, 9.17) is 0 Å². The van der Waals surface area contributed by atoms with Gasteiger partial charge in [0.2, 0.25) is 0 Å². The summed E-state index contributed by atoms with van der Waals surface area (Å²) < 4.78 is 15.3. The quantitative estimate of drug-likeness (QED) is 0.900. The summed E-state index contributed by atoms with van der Waals surface area (Å²) in [6.07, 6.45) is 3.69. The molecular formula is C14H18FN3. The third-order valence-corrected chi connectivity index (χ3v) is 3.04. The Hall–Kier alpha value is -1.68. The van der Waals surface area contributed by atoms with Gasteiger partial charge in [-0.05, 0) is 30.7 Å². The zero-order valence-electron chi connectivity index (χ0n) is 10.9. The third-order valence-electron chi connectivity index (χ3n) is 3.04. The van der Waals surface area contributed by atoms with Gasteiger partial charge in [-0.15, -0.1) is 0 Å². The van der Waals surface area contributed by atoms with Gasteiger partial charge in [0, 0.05) is 19.4 Å². The van der Waals surface area contributed by atoms with Crippen molar-refractivity contribution in [1.29, 1.82) is 0 Å². The second kappa shape index (κ2) is 5.31. The average Bonchev–Trinajstić information content (AvgIpc) is 2.76. The minimum Gasteiger partial charge on any atom is -0.336 e. The Bertz CT molecular complexity index is 534. The minimum atomic E-state index is -0.172. The highest BCUT2D eigenvalue weighted by atomic mass is 19.1. The van der Waals surface area contributed by atoms with Crippen molar-refractivity contribution >= 4 is 0 Å². The summed E-state index contributed by atoms with van der Waals surface area (Å²) in [5, 5.41) is 3.38. The van der Waals surface area contributed by atoms with Crippen LogP contribution < -0.4 is 5.32 Å². The first kappa shape index (κ1) is 12.8. The van der Waals surface area contributed by atoms with E-state index in [-0.39, 0.29) is 11.9 Å². The Kier molecular flexibility index (Phi) is 3.77. The lowest BCUT2D eigenvalue weighted by Crippen LogP contribution is -2.24. The van der Waals surface area contributed by atoms with E-state index in [0.29, 0.717) is 5.56 Å². The molecule has 0 saturated carbocycles. The Balaban J connectivity index is 2.41. The topological polar surface area (TPSA) is 29.9 Å². The smallest absolute Gasteiger partial charge is 0.130 e. The van der Waals surface area contributed by atoms with Gasteiger partial charge in [-0.1, -0.05) is 19.1 Å². The van der Waals surface area contributed by atoms with Crippen molar-refractivity contribution in [3.63, 3.8) is 0 Å². The van der Waals surface area contributed by atoms with Gasteiger partial charge >= 0.3 is 0 Å². The van der Waals surface area contributed by atoms with Crippen LogP contribution in [0.5, 0.6) is 0 Å². The monoisotopic (exact) mass is 247 g/mol. The summed E-state index contributed by atoms with van der Waals surface area (Å²) in [6, 6.07) is 5.19. The molecule has 96 valence electrons. The number of hydrogen-bond acceptors (Lipinski definition) is 2. The highest BCUT2D eigenvalue weighted by molar-refractivity contribution is 5.30. The van der Waals surface area contributed by atoms with E-state index >= 15 is 0 Å². The van der Waals surface area contributed by atoms with Crippen LogP contribution >= 0.6 is 0 Å². The summed E-state index contributed by atoms with van der Waals surface area (Å²) in [5.41, 5.74) is 1.69. The van der Waals surface area contributed by atoms with E-state index in [1.54, 1.807) is 13.1 Å². The van der Waals surface area contributed by atoms with E-state index < -0.39 is 0 Å². The van der Waals surface area contributed by atoms with Crippen molar-refractivity contribution in [2.75, 3.05) is 6.54 Å². The lowest BCUT2D eigenvalue weighted by Gasteiger charge is -2.18. The molecule has 1 unspecified atom stereocenters. The first-order chi connectivity index (χ1) is 8.63. The SMILES string of the molecule is CCNC(c1ccc(F)c(C)c1)c1nccn1C. The minimum absolute atomic E-state index is 0.00528. The molecular weight excluding hydrogens is 229 g/mol. The Morgan fingerprint density at radius 1 is 1.44 bits per heavy atom. The lowest BCUT2D eigenvalue weighted by atomic mass is 10.0. The van der Waals surface area contributed by atoms with Crippen LogP contribution in [0.2, 0.25) is 0 Å². The number of hydrogen-bond donors (Lipinski definition) is 1. The van der Waals surface area contributed by atoms with E-state index in [0.717, 1.165) is 17.9 Å². The van der Waals surface area contributed by atoms with E-state index in [2.05, 4.69) is 10.3 Å². The van der Waals surface area contributed by atoms with Gasteiger partial charge in [0.05, 0.1) is 6.04 Å². The molecule has 0 aliphatic rings. The molecule has 0 fully saturated rings. The van der Waals surface area contributed by atoms with Gasteiger partial charge in [0.1, 0.15) is 11.6 Å². The van der Waals surface area contributed by atoms with Crippen LogP contribution in [0.4, 0.5) is 4.39 Å². The summed E-state index contributed by atoms with van der Waals surface area (Å²) in [6.45, 7) is 4.65. The van der Waals surface area contributed by atoms with Crippen LogP contribution in [0.3, 0.4) is 0 Å². The number of rotatable bonds is 4. The Morgan fingerprint density at radius 2 is 2.22 bits per heavy atom. The predicted molar refractivity (Wildman–Crippen MR) is 69.9 cm³/mol. The van der Waals surface area contributed by atoms with E-state index in [1.807, 2.05) is 36.9 Å². The van der Waals surface area contributed by atoms with Gasteiger partial charge < -0.3 is 9.88 Å². The number of halogens is 1. The van der Waals surface area contributed by atoms with Crippen LogP contribution in [-0.2, 0) is 7.05 Å². The lowest BCUT2D eigenvalue weighted by molar-refractivity contribution is 0.572. The maximum absolute atomic E-state index is 13.3. The molecule has 0 aliphatic carbocycles. The summed E-state index contributed by atoms with van der Waals surface area (Å²) >= 11 is 0. The van der Waals surface area contributed by atoms with Crippen molar-refractivity contribution in [2.45, 2.75) is 19.9 Å². The Morgan fingerprint density at radius 3 is 2.78 bits per heavy atom. The number of aryl methyl sites for hydroxylation is 2. The maximum Gasteiger partial charge on any atom is 0.130 e. The van der Waals surface area contributed by atoms with Crippen LogP contribution in [0.25, 0.3) is 0 Å². The van der Waals surface area contributed by atoms with Crippen LogP contribution in [-0.4, -0.2) is 16.1 Å². The summed E-state index contributed by atoms with van der Waals surface area (Å²) in [4.78, 5) is 4.37. The van der Waals surface area contributed by atoms with Gasteiger partial charge in [-0.3, -0.25) is 0 Å². The van der Waals surface area contributed by atoms with Gasteiger partial charge in [0.25, 0.3) is 0 Å². The third kappa shape index (κ3) is 2.43. The molecule has 0 aliphatic heterocycles. The molecule has 2 rings (SSSR count). The molecule has 0 saturated heterocycles. The largest absolute Gasteiger partial charge is 0.336 e. The van der Waals surface area contributed by atoms with Crippen molar-refractivity contribution in [1.82, 2.24) is 14.9 Å². The van der Waals surface area contributed by atoms with E-state index in [9.17, 15) is 4.39 Å². The van der Waals surface area contributed by atoms with Crippen molar-refractivity contribution in [2.24, 2.45) is 7.05 Å². The molecule has 1 aromatic heterocycles. The molecule has 2 aromatic rings. The summed E-state index contributed by atoms with van der Waals surface area (Å²) in [5.74, 6) is 0.761. The maximum atomic E-state index is 13.3. The first-order valence-electron chi connectivity index (χ1n) is 6.10. The molecule has 1 aromatic carbocycles. The number of imidazole rings is 1. The molecule has 1 heterocycles. The molecule has 1 N–H and O–H groups in total. The van der Waals surface area contributed by atoms with Crippen molar-refractivity contribution in [3.05, 3.63) is 53.4 Å². The second-order valence-electron chi connectivity index (χ2n) is 4.40. The van der Waals surface area contributed by atoms with Crippen LogP contribution in [0.1, 0.15) is 29.9 Å². The van der Waals surface area contributed by atoms with Gasteiger partial charge in [0.15, 0.2) is 0 Å². The highest BCUT2D eigenvalue weighted by Crippen LogP contribution is 2.22. The number of benzene rings is 1. The molecule has 0 spiro atoms. The molecule has 1 atom stereocenters. The fourth-order valence-electron chi connectivity index (χ4n) is 2.07. The zero-order valence-corrected chi connectivity index (χ0v) is 10.9. The number of nitrogens with zero attached hydrogens (tertiary/aromatic N) is 2.